The number of anilines is 1. The number of hydrogen-bond acceptors (Lipinski definition) is 5. The van der Waals surface area contributed by atoms with Crippen molar-refractivity contribution in [3.8, 4) is 5.75 Å². The molecule has 0 fully saturated rings. The number of amides is 1. The van der Waals surface area contributed by atoms with Gasteiger partial charge in [0.15, 0.2) is 0 Å². The molecule has 0 aliphatic carbocycles. The van der Waals surface area contributed by atoms with E-state index in [1.807, 2.05) is 36.6 Å². The minimum absolute atomic E-state index is 0.169. The van der Waals surface area contributed by atoms with Gasteiger partial charge in [-0.05, 0) is 36.1 Å². The van der Waals surface area contributed by atoms with Crippen LogP contribution in [0, 0.1) is 12.7 Å². The highest BCUT2D eigenvalue weighted by Gasteiger charge is 2.13. The van der Waals surface area contributed by atoms with Crippen molar-refractivity contribution in [2.24, 2.45) is 0 Å². The van der Waals surface area contributed by atoms with E-state index in [1.165, 1.54) is 28.4 Å². The SMILES string of the molecule is Cc1ccccc1OCc1csc(C(=O)Nc2ncn(Cc3ccccc3F)n2)c1. The Kier molecular flexibility index (Phi) is 5.85. The fourth-order valence-electron chi connectivity index (χ4n) is 2.84. The van der Waals surface area contributed by atoms with E-state index in [1.54, 1.807) is 24.3 Å². The molecule has 2 aromatic carbocycles. The fraction of sp³-hybridized carbons (Fsp3) is 0.136. The predicted octanol–water partition coefficient (Wildman–Crippen LogP) is 4.67. The zero-order valence-corrected chi connectivity index (χ0v) is 17.0. The Morgan fingerprint density at radius 2 is 2.00 bits per heavy atom. The van der Waals surface area contributed by atoms with E-state index in [-0.39, 0.29) is 24.2 Å². The average molecular weight is 422 g/mol. The third kappa shape index (κ3) is 4.72. The molecule has 0 radical (unpaired) electrons. The van der Waals surface area contributed by atoms with Gasteiger partial charge in [0.1, 0.15) is 24.5 Å². The highest BCUT2D eigenvalue weighted by molar-refractivity contribution is 7.12. The summed E-state index contributed by atoms with van der Waals surface area (Å²) in [5, 5.41) is 8.75. The van der Waals surface area contributed by atoms with Gasteiger partial charge >= 0.3 is 0 Å². The van der Waals surface area contributed by atoms with Crippen LogP contribution >= 0.6 is 11.3 Å². The van der Waals surface area contributed by atoms with E-state index in [0.717, 1.165) is 16.9 Å². The number of rotatable bonds is 7. The molecule has 2 heterocycles. The summed E-state index contributed by atoms with van der Waals surface area (Å²) in [6.07, 6.45) is 1.46. The van der Waals surface area contributed by atoms with E-state index >= 15 is 0 Å². The highest BCUT2D eigenvalue weighted by Crippen LogP contribution is 2.21. The van der Waals surface area contributed by atoms with Crippen LogP contribution in [-0.4, -0.2) is 20.7 Å². The first-order valence-electron chi connectivity index (χ1n) is 9.28. The van der Waals surface area contributed by atoms with Gasteiger partial charge in [0.2, 0.25) is 5.95 Å². The first-order valence-corrected chi connectivity index (χ1v) is 10.2. The van der Waals surface area contributed by atoms with Gasteiger partial charge in [0.25, 0.3) is 5.91 Å². The number of carbonyl (C=O) groups excluding carboxylic acids is 1. The number of carbonyl (C=O) groups is 1. The lowest BCUT2D eigenvalue weighted by Crippen LogP contribution is -2.12. The molecule has 0 saturated carbocycles. The second kappa shape index (κ2) is 8.87. The Hall–Kier alpha value is -3.52. The largest absolute Gasteiger partial charge is 0.489 e. The molecule has 8 heteroatoms. The molecule has 4 rings (SSSR count). The van der Waals surface area contributed by atoms with Crippen LogP contribution in [0.1, 0.15) is 26.4 Å². The topological polar surface area (TPSA) is 69.0 Å². The molecule has 1 N–H and O–H groups in total. The van der Waals surface area contributed by atoms with Crippen LogP contribution in [0.15, 0.2) is 66.3 Å². The Labute approximate surface area is 177 Å². The molecule has 0 saturated heterocycles. The molecular weight excluding hydrogens is 403 g/mol. The summed E-state index contributed by atoms with van der Waals surface area (Å²) < 4.78 is 21.1. The van der Waals surface area contributed by atoms with Gasteiger partial charge in [-0.3, -0.25) is 10.1 Å². The number of para-hydroxylation sites is 1. The summed E-state index contributed by atoms with van der Waals surface area (Å²) in [7, 11) is 0. The molecule has 0 atom stereocenters. The van der Waals surface area contributed by atoms with Crippen LogP contribution in [0.3, 0.4) is 0 Å². The second-order valence-electron chi connectivity index (χ2n) is 6.68. The normalized spacial score (nSPS) is 10.7. The quantitative estimate of drug-likeness (QED) is 0.470. The molecule has 0 aliphatic rings. The van der Waals surface area contributed by atoms with Gasteiger partial charge in [-0.2, -0.15) is 0 Å². The molecule has 30 heavy (non-hydrogen) atoms. The van der Waals surface area contributed by atoms with E-state index in [0.29, 0.717) is 17.0 Å². The summed E-state index contributed by atoms with van der Waals surface area (Å²) in [6, 6.07) is 16.0. The zero-order valence-electron chi connectivity index (χ0n) is 16.2. The Balaban J connectivity index is 1.35. The number of aromatic nitrogens is 3. The summed E-state index contributed by atoms with van der Waals surface area (Å²) >= 11 is 1.32. The fourth-order valence-corrected chi connectivity index (χ4v) is 3.63. The summed E-state index contributed by atoms with van der Waals surface area (Å²) in [4.78, 5) is 17.1. The van der Waals surface area contributed by atoms with Crippen molar-refractivity contribution in [2.75, 3.05) is 5.32 Å². The maximum atomic E-state index is 13.8. The van der Waals surface area contributed by atoms with E-state index in [4.69, 9.17) is 4.74 Å². The molecule has 0 bridgehead atoms. The van der Waals surface area contributed by atoms with Crippen molar-refractivity contribution in [1.82, 2.24) is 14.8 Å². The third-order valence-corrected chi connectivity index (χ3v) is 5.40. The number of nitrogens with one attached hydrogen (secondary N) is 1. The lowest BCUT2D eigenvalue weighted by Gasteiger charge is -2.07. The number of halogens is 1. The lowest BCUT2D eigenvalue weighted by atomic mass is 10.2. The smallest absolute Gasteiger partial charge is 0.268 e. The standard InChI is InChI=1S/C22H19FN4O2S/c1-15-6-2-5-9-19(15)29-12-16-10-20(30-13-16)21(28)25-22-24-14-27(26-22)11-17-7-3-4-8-18(17)23/h2-10,13-14H,11-12H2,1H3,(H,25,26,28). The highest BCUT2D eigenvalue weighted by atomic mass is 32.1. The van der Waals surface area contributed by atoms with E-state index in [2.05, 4.69) is 15.4 Å². The van der Waals surface area contributed by atoms with Gasteiger partial charge in [-0.25, -0.2) is 14.1 Å². The first-order chi connectivity index (χ1) is 14.6. The summed E-state index contributed by atoms with van der Waals surface area (Å²) in [6.45, 7) is 2.60. The number of ether oxygens (including phenoxy) is 1. The number of thiophene rings is 1. The van der Waals surface area contributed by atoms with Crippen LogP contribution < -0.4 is 10.1 Å². The predicted molar refractivity (Wildman–Crippen MR) is 113 cm³/mol. The third-order valence-electron chi connectivity index (χ3n) is 4.42. The summed E-state index contributed by atoms with van der Waals surface area (Å²) in [5.41, 5.74) is 2.46. The second-order valence-corrected chi connectivity index (χ2v) is 7.60. The maximum Gasteiger partial charge on any atom is 0.268 e. The van der Waals surface area contributed by atoms with Crippen LogP contribution in [0.4, 0.5) is 10.3 Å². The van der Waals surface area contributed by atoms with Gasteiger partial charge in [-0.15, -0.1) is 16.4 Å². The molecule has 2 aromatic heterocycles. The van der Waals surface area contributed by atoms with Crippen molar-refractivity contribution in [3.63, 3.8) is 0 Å². The van der Waals surface area contributed by atoms with Crippen LogP contribution in [0.2, 0.25) is 0 Å². The lowest BCUT2D eigenvalue weighted by molar-refractivity contribution is 0.102. The van der Waals surface area contributed by atoms with Crippen LogP contribution in [0.25, 0.3) is 0 Å². The molecule has 6 nitrogen and oxygen atoms in total. The van der Waals surface area contributed by atoms with Crippen molar-refractivity contribution in [3.05, 3.63) is 93.7 Å². The Bertz CT molecular complexity index is 1170. The van der Waals surface area contributed by atoms with Gasteiger partial charge in [0.05, 0.1) is 11.4 Å². The van der Waals surface area contributed by atoms with Gasteiger partial charge in [-0.1, -0.05) is 36.4 Å². The molecule has 0 spiro atoms. The summed E-state index contributed by atoms with van der Waals surface area (Å²) in [5.74, 6) is 0.380. The van der Waals surface area contributed by atoms with Crippen LogP contribution in [-0.2, 0) is 13.2 Å². The van der Waals surface area contributed by atoms with Crippen molar-refractivity contribution in [2.45, 2.75) is 20.1 Å². The number of nitrogens with zero attached hydrogens (tertiary/aromatic N) is 3. The van der Waals surface area contributed by atoms with E-state index < -0.39 is 0 Å². The van der Waals surface area contributed by atoms with E-state index in [9.17, 15) is 9.18 Å². The number of benzene rings is 2. The maximum absolute atomic E-state index is 13.8. The van der Waals surface area contributed by atoms with Crippen molar-refractivity contribution >= 4 is 23.2 Å². The molecular formula is C22H19FN4O2S. The minimum atomic E-state index is -0.308. The minimum Gasteiger partial charge on any atom is -0.489 e. The van der Waals surface area contributed by atoms with Gasteiger partial charge < -0.3 is 4.74 Å². The monoisotopic (exact) mass is 422 g/mol. The molecule has 0 unspecified atom stereocenters. The molecule has 0 aliphatic heterocycles. The average Bonchev–Trinajstić information content (AvgIpc) is 3.39. The first kappa shape index (κ1) is 19.8. The molecule has 152 valence electrons. The van der Waals surface area contributed by atoms with Gasteiger partial charge in [0, 0.05) is 11.1 Å². The number of hydrogen-bond donors (Lipinski definition) is 1. The zero-order chi connectivity index (χ0) is 20.9. The van der Waals surface area contributed by atoms with Crippen molar-refractivity contribution < 1.29 is 13.9 Å². The Morgan fingerprint density at radius 3 is 2.83 bits per heavy atom. The number of aryl methyl sites for hydroxylation is 1. The van der Waals surface area contributed by atoms with Crippen LogP contribution in [0.5, 0.6) is 5.75 Å². The Morgan fingerprint density at radius 1 is 1.20 bits per heavy atom. The molecule has 1 amide bonds. The van der Waals surface area contributed by atoms with Crippen molar-refractivity contribution in [1.29, 1.82) is 0 Å². The molecule has 4 aromatic rings.